The average Bonchev–Trinajstić information content (AvgIpc) is 2.04. The Morgan fingerprint density at radius 3 is 2.62 bits per heavy atom. The molecule has 0 saturated carbocycles. The Kier molecular flexibility index (Phi) is 4.79. The first kappa shape index (κ1) is 12.2. The number of hydrogen-bond acceptors (Lipinski definition) is 3. The van der Waals surface area contributed by atoms with Gasteiger partial charge in [0.05, 0.1) is 6.54 Å². The molecule has 1 unspecified atom stereocenters. The molecule has 1 atom stereocenters. The Morgan fingerprint density at radius 2 is 2.23 bits per heavy atom. The molecular formula is C7H14F2N2O2. The molecule has 0 aromatic rings. The van der Waals surface area contributed by atoms with Crippen LogP contribution in [0.3, 0.4) is 0 Å². The van der Waals surface area contributed by atoms with Gasteiger partial charge in [-0.3, -0.25) is 4.79 Å². The maximum absolute atomic E-state index is 12.4. The predicted molar refractivity (Wildman–Crippen MR) is 43.3 cm³/mol. The lowest BCUT2D eigenvalue weighted by molar-refractivity contribution is -0.121. The number of nitrogens with two attached hydrogens (primary N) is 1. The van der Waals surface area contributed by atoms with E-state index in [4.69, 9.17) is 10.8 Å². The van der Waals surface area contributed by atoms with E-state index < -0.39 is 30.9 Å². The molecule has 4 nitrogen and oxygen atoms in total. The Bertz CT molecular complexity index is 176. The van der Waals surface area contributed by atoms with Gasteiger partial charge in [-0.25, -0.2) is 8.78 Å². The number of alkyl halides is 2. The molecule has 0 spiro atoms. The molecule has 0 aliphatic heterocycles. The highest BCUT2D eigenvalue weighted by Gasteiger charge is 2.27. The van der Waals surface area contributed by atoms with Crippen LogP contribution in [0.15, 0.2) is 0 Å². The summed E-state index contributed by atoms with van der Waals surface area (Å²) in [6.07, 6.45) is 0. The average molecular weight is 196 g/mol. The lowest BCUT2D eigenvalue weighted by Gasteiger charge is -2.15. The SMILES string of the molecule is CC(CNCC(F)(F)CO)C(N)=O. The monoisotopic (exact) mass is 196 g/mol. The van der Waals surface area contributed by atoms with Crippen LogP contribution in [0, 0.1) is 5.92 Å². The Balaban J connectivity index is 3.62. The van der Waals surface area contributed by atoms with Gasteiger partial charge in [0.2, 0.25) is 5.91 Å². The molecule has 0 aliphatic carbocycles. The number of nitrogens with one attached hydrogen (secondary N) is 1. The van der Waals surface area contributed by atoms with Gasteiger partial charge in [-0.2, -0.15) is 0 Å². The van der Waals surface area contributed by atoms with E-state index in [1.165, 1.54) is 6.92 Å². The first-order valence-electron chi connectivity index (χ1n) is 3.88. The zero-order valence-corrected chi connectivity index (χ0v) is 7.39. The molecule has 0 saturated heterocycles. The topological polar surface area (TPSA) is 75.3 Å². The third-order valence-electron chi connectivity index (χ3n) is 1.55. The first-order valence-corrected chi connectivity index (χ1v) is 3.88. The zero-order chi connectivity index (χ0) is 10.5. The van der Waals surface area contributed by atoms with E-state index in [0.29, 0.717) is 0 Å². The fraction of sp³-hybridized carbons (Fsp3) is 0.857. The number of rotatable bonds is 6. The van der Waals surface area contributed by atoms with Gasteiger partial charge in [-0.15, -0.1) is 0 Å². The van der Waals surface area contributed by atoms with Gasteiger partial charge in [0.1, 0.15) is 6.61 Å². The number of halogens is 2. The van der Waals surface area contributed by atoms with Crippen molar-refractivity contribution in [3.63, 3.8) is 0 Å². The van der Waals surface area contributed by atoms with Gasteiger partial charge >= 0.3 is 0 Å². The van der Waals surface area contributed by atoms with Crippen molar-refractivity contribution >= 4 is 5.91 Å². The second kappa shape index (κ2) is 5.08. The van der Waals surface area contributed by atoms with E-state index in [1.54, 1.807) is 0 Å². The normalized spacial score (nSPS) is 14.2. The number of hydrogen-bond donors (Lipinski definition) is 3. The Morgan fingerprint density at radius 1 is 1.69 bits per heavy atom. The smallest absolute Gasteiger partial charge is 0.282 e. The Labute approximate surface area is 75.1 Å². The summed E-state index contributed by atoms with van der Waals surface area (Å²) in [4.78, 5) is 10.5. The van der Waals surface area contributed by atoms with Gasteiger partial charge in [0, 0.05) is 12.5 Å². The summed E-state index contributed by atoms with van der Waals surface area (Å²) in [6.45, 7) is -0.233. The minimum absolute atomic E-state index is 0.0882. The molecule has 0 aliphatic rings. The summed E-state index contributed by atoms with van der Waals surface area (Å²) in [5, 5.41) is 10.5. The summed E-state index contributed by atoms with van der Waals surface area (Å²) in [5.74, 6) is -4.17. The molecule has 0 aromatic carbocycles. The molecule has 0 bridgehead atoms. The lowest BCUT2D eigenvalue weighted by atomic mass is 10.1. The fourth-order valence-corrected chi connectivity index (χ4v) is 0.628. The van der Waals surface area contributed by atoms with Crippen LogP contribution in [-0.2, 0) is 4.79 Å². The molecule has 78 valence electrons. The number of aliphatic hydroxyl groups excluding tert-OH is 1. The van der Waals surface area contributed by atoms with Crippen molar-refractivity contribution in [2.24, 2.45) is 11.7 Å². The van der Waals surface area contributed by atoms with Gasteiger partial charge < -0.3 is 16.2 Å². The van der Waals surface area contributed by atoms with Crippen molar-refractivity contribution in [3.05, 3.63) is 0 Å². The van der Waals surface area contributed by atoms with Gasteiger partial charge in [0.15, 0.2) is 0 Å². The number of aliphatic hydroxyl groups is 1. The first-order chi connectivity index (χ1) is 5.89. The van der Waals surface area contributed by atoms with Crippen LogP contribution in [0.1, 0.15) is 6.92 Å². The van der Waals surface area contributed by atoms with Crippen LogP contribution in [0.4, 0.5) is 8.78 Å². The summed E-state index contributed by atoms with van der Waals surface area (Å²) < 4.78 is 24.8. The number of primary amides is 1. The highest BCUT2D eigenvalue weighted by atomic mass is 19.3. The molecule has 13 heavy (non-hydrogen) atoms. The molecule has 6 heteroatoms. The van der Waals surface area contributed by atoms with Crippen molar-refractivity contribution in [3.8, 4) is 0 Å². The molecular weight excluding hydrogens is 182 g/mol. The molecule has 0 heterocycles. The van der Waals surface area contributed by atoms with Crippen LogP contribution >= 0.6 is 0 Å². The standard InChI is InChI=1S/C7H14F2N2O2/c1-5(6(10)13)2-11-3-7(8,9)4-12/h5,11-12H,2-4H2,1H3,(H2,10,13). The highest BCUT2D eigenvalue weighted by molar-refractivity contribution is 5.76. The van der Waals surface area contributed by atoms with Crippen molar-refractivity contribution < 1.29 is 18.7 Å². The van der Waals surface area contributed by atoms with E-state index in [0.717, 1.165) is 0 Å². The van der Waals surface area contributed by atoms with E-state index in [-0.39, 0.29) is 6.54 Å². The molecule has 0 radical (unpaired) electrons. The van der Waals surface area contributed by atoms with Gasteiger partial charge in [-0.1, -0.05) is 6.92 Å². The summed E-state index contributed by atoms with van der Waals surface area (Å²) >= 11 is 0. The Hall–Kier alpha value is -0.750. The van der Waals surface area contributed by atoms with Crippen LogP contribution in [0.2, 0.25) is 0 Å². The van der Waals surface area contributed by atoms with Crippen LogP contribution in [0.5, 0.6) is 0 Å². The van der Waals surface area contributed by atoms with E-state index in [9.17, 15) is 13.6 Å². The quantitative estimate of drug-likeness (QED) is 0.527. The lowest BCUT2D eigenvalue weighted by Crippen LogP contribution is -2.39. The molecule has 0 rings (SSSR count). The van der Waals surface area contributed by atoms with Crippen molar-refractivity contribution in [1.29, 1.82) is 0 Å². The summed E-state index contributed by atoms with van der Waals surface area (Å²) in [5.41, 5.74) is 4.90. The molecule has 4 N–H and O–H groups in total. The van der Waals surface area contributed by atoms with Crippen LogP contribution in [0.25, 0.3) is 0 Å². The maximum atomic E-state index is 12.4. The van der Waals surface area contributed by atoms with Crippen molar-refractivity contribution in [2.75, 3.05) is 19.7 Å². The van der Waals surface area contributed by atoms with Gasteiger partial charge in [-0.05, 0) is 0 Å². The minimum atomic E-state index is -3.14. The third-order valence-corrected chi connectivity index (χ3v) is 1.55. The van der Waals surface area contributed by atoms with Crippen molar-refractivity contribution in [2.45, 2.75) is 12.8 Å². The summed E-state index contributed by atoms with van der Waals surface area (Å²) in [6, 6.07) is 0. The molecule has 0 fully saturated rings. The fourth-order valence-electron chi connectivity index (χ4n) is 0.628. The highest BCUT2D eigenvalue weighted by Crippen LogP contribution is 2.09. The predicted octanol–water partition coefficient (Wildman–Crippen LogP) is -0.675. The van der Waals surface area contributed by atoms with Gasteiger partial charge in [0.25, 0.3) is 5.92 Å². The largest absolute Gasteiger partial charge is 0.390 e. The maximum Gasteiger partial charge on any atom is 0.282 e. The number of carbonyl (C=O) groups excluding carboxylic acids is 1. The summed E-state index contributed by atoms with van der Waals surface area (Å²) in [7, 11) is 0. The van der Waals surface area contributed by atoms with Crippen LogP contribution in [-0.4, -0.2) is 36.6 Å². The second-order valence-corrected chi connectivity index (χ2v) is 2.95. The number of amides is 1. The minimum Gasteiger partial charge on any atom is -0.390 e. The van der Waals surface area contributed by atoms with E-state index >= 15 is 0 Å². The number of carbonyl (C=O) groups is 1. The van der Waals surface area contributed by atoms with E-state index in [2.05, 4.69) is 5.32 Å². The molecule has 0 aromatic heterocycles. The van der Waals surface area contributed by atoms with E-state index in [1.807, 2.05) is 0 Å². The zero-order valence-electron chi connectivity index (χ0n) is 7.39. The van der Waals surface area contributed by atoms with Crippen LogP contribution < -0.4 is 11.1 Å². The molecule has 1 amide bonds. The van der Waals surface area contributed by atoms with Crippen molar-refractivity contribution in [1.82, 2.24) is 5.32 Å². The third kappa shape index (κ3) is 5.48. The second-order valence-electron chi connectivity index (χ2n) is 2.95.